The maximum absolute atomic E-state index is 13.9. The number of likely N-dealkylation sites (tertiary alicyclic amines) is 1. The number of nitrogens with zero attached hydrogens (tertiary/aromatic N) is 2. The summed E-state index contributed by atoms with van der Waals surface area (Å²) in [4.78, 5) is 13.8. The first kappa shape index (κ1) is 15.5. The Kier molecular flexibility index (Phi) is 4.27. The third-order valence-corrected chi connectivity index (χ3v) is 3.96. The molecule has 0 bridgehead atoms. The zero-order chi connectivity index (χ0) is 16.4. The van der Waals surface area contributed by atoms with Crippen molar-refractivity contribution in [1.29, 1.82) is 0 Å². The van der Waals surface area contributed by atoms with E-state index < -0.39 is 11.6 Å². The van der Waals surface area contributed by atoms with E-state index in [2.05, 4.69) is 10.5 Å². The van der Waals surface area contributed by atoms with Gasteiger partial charge in [0.1, 0.15) is 11.6 Å². The molecule has 1 saturated heterocycles. The van der Waals surface area contributed by atoms with Crippen LogP contribution in [0.4, 0.5) is 19.5 Å². The van der Waals surface area contributed by atoms with Crippen molar-refractivity contribution in [3.8, 4) is 0 Å². The molecule has 1 N–H and O–H groups in total. The van der Waals surface area contributed by atoms with E-state index in [1.165, 1.54) is 6.07 Å². The molecule has 0 saturated carbocycles. The van der Waals surface area contributed by atoms with Gasteiger partial charge >= 0.3 is 6.03 Å². The van der Waals surface area contributed by atoms with E-state index in [0.29, 0.717) is 30.8 Å². The molecule has 0 spiro atoms. The largest absolute Gasteiger partial charge is 0.338 e. The Morgan fingerprint density at radius 3 is 2.96 bits per heavy atom. The van der Waals surface area contributed by atoms with Gasteiger partial charge in [-0.2, -0.15) is 0 Å². The molecule has 2 amide bonds. The highest BCUT2D eigenvalue weighted by Crippen LogP contribution is 2.29. The number of aromatic nitrogens is 1. The number of benzene rings is 1. The predicted octanol–water partition coefficient (Wildman–Crippen LogP) is 3.67. The number of hydrogen-bond acceptors (Lipinski definition) is 3. The number of carbonyl (C=O) groups excluding carboxylic acids is 1. The summed E-state index contributed by atoms with van der Waals surface area (Å²) in [5.41, 5.74) is 0.983. The quantitative estimate of drug-likeness (QED) is 0.918. The molecule has 1 aliphatic heterocycles. The number of rotatable bonds is 2. The topological polar surface area (TPSA) is 58.4 Å². The van der Waals surface area contributed by atoms with Gasteiger partial charge in [-0.15, -0.1) is 0 Å². The number of amides is 2. The number of hydrogen-bond donors (Lipinski definition) is 1. The van der Waals surface area contributed by atoms with Gasteiger partial charge in [0.2, 0.25) is 5.88 Å². The highest BCUT2D eigenvalue weighted by atomic mass is 19.1. The number of halogens is 2. The monoisotopic (exact) mass is 321 g/mol. The maximum atomic E-state index is 13.9. The van der Waals surface area contributed by atoms with Gasteiger partial charge in [-0.3, -0.25) is 5.32 Å². The van der Waals surface area contributed by atoms with Crippen LogP contribution in [0.3, 0.4) is 0 Å². The van der Waals surface area contributed by atoms with E-state index in [9.17, 15) is 13.6 Å². The molecular weight excluding hydrogens is 304 g/mol. The number of anilines is 1. The second-order valence-corrected chi connectivity index (χ2v) is 5.71. The fraction of sp³-hybridized carbons (Fsp3) is 0.375. The van der Waals surface area contributed by atoms with Crippen molar-refractivity contribution < 1.29 is 18.1 Å². The van der Waals surface area contributed by atoms with E-state index in [-0.39, 0.29) is 17.8 Å². The molecule has 5 nitrogen and oxygen atoms in total. The standard InChI is InChI=1S/C16H17F2N3O2/c1-10-7-15(23-20-10)19-16(22)21-6-2-3-11(9-21)13-8-12(17)4-5-14(13)18/h4-5,7-8,11H,2-3,6,9H2,1H3,(H,19,22). The molecule has 1 atom stereocenters. The number of piperidine rings is 1. The molecular formula is C16H17F2N3O2. The Labute approximate surface area is 132 Å². The lowest BCUT2D eigenvalue weighted by atomic mass is 9.90. The lowest BCUT2D eigenvalue weighted by Crippen LogP contribution is -2.41. The molecule has 7 heteroatoms. The maximum Gasteiger partial charge on any atom is 0.324 e. The van der Waals surface area contributed by atoms with Crippen molar-refractivity contribution >= 4 is 11.9 Å². The number of carbonyl (C=O) groups is 1. The zero-order valence-corrected chi connectivity index (χ0v) is 12.7. The summed E-state index contributed by atoms with van der Waals surface area (Å²) >= 11 is 0. The van der Waals surface area contributed by atoms with Crippen LogP contribution in [0.1, 0.15) is 30.0 Å². The van der Waals surface area contributed by atoms with Gasteiger partial charge in [0.05, 0.1) is 5.69 Å². The SMILES string of the molecule is Cc1cc(NC(=O)N2CCCC(c3cc(F)ccc3F)C2)on1. The van der Waals surface area contributed by atoms with E-state index in [1.54, 1.807) is 17.9 Å². The van der Waals surface area contributed by atoms with Crippen molar-refractivity contribution in [2.45, 2.75) is 25.7 Å². The first-order valence-electron chi connectivity index (χ1n) is 7.47. The molecule has 0 aliphatic carbocycles. The summed E-state index contributed by atoms with van der Waals surface area (Å²) in [7, 11) is 0. The summed E-state index contributed by atoms with van der Waals surface area (Å²) in [6, 6.07) is 4.72. The van der Waals surface area contributed by atoms with Crippen LogP contribution in [-0.4, -0.2) is 29.2 Å². The van der Waals surface area contributed by atoms with E-state index in [1.807, 2.05) is 0 Å². The first-order valence-corrected chi connectivity index (χ1v) is 7.47. The molecule has 3 rings (SSSR count). The van der Waals surface area contributed by atoms with Crippen LogP contribution in [0.15, 0.2) is 28.8 Å². The first-order chi connectivity index (χ1) is 11.0. The van der Waals surface area contributed by atoms with Gasteiger partial charge in [0, 0.05) is 25.1 Å². The van der Waals surface area contributed by atoms with Crippen LogP contribution in [0, 0.1) is 18.6 Å². The second-order valence-electron chi connectivity index (χ2n) is 5.71. The van der Waals surface area contributed by atoms with Crippen molar-refractivity contribution in [3.05, 3.63) is 47.2 Å². The van der Waals surface area contributed by atoms with Crippen molar-refractivity contribution in [3.63, 3.8) is 0 Å². The highest BCUT2D eigenvalue weighted by molar-refractivity contribution is 5.88. The Hall–Kier alpha value is -2.44. The summed E-state index contributed by atoms with van der Waals surface area (Å²) in [6.07, 6.45) is 1.44. The Morgan fingerprint density at radius 1 is 1.39 bits per heavy atom. The summed E-state index contributed by atoms with van der Waals surface area (Å²) < 4.78 is 32.2. The summed E-state index contributed by atoms with van der Waals surface area (Å²) in [6.45, 7) is 2.65. The van der Waals surface area contributed by atoms with E-state index >= 15 is 0 Å². The van der Waals surface area contributed by atoms with Crippen molar-refractivity contribution in [2.75, 3.05) is 18.4 Å². The Bertz CT molecular complexity index is 717. The molecule has 2 aromatic rings. The fourth-order valence-electron chi connectivity index (χ4n) is 2.85. The second kappa shape index (κ2) is 6.36. The highest BCUT2D eigenvalue weighted by Gasteiger charge is 2.27. The minimum atomic E-state index is -0.472. The van der Waals surface area contributed by atoms with Gasteiger partial charge in [-0.1, -0.05) is 5.16 Å². The molecule has 1 fully saturated rings. The molecule has 2 heterocycles. The van der Waals surface area contributed by atoms with Gasteiger partial charge in [-0.05, 0) is 43.5 Å². The minimum absolute atomic E-state index is 0.221. The molecule has 1 aromatic heterocycles. The third-order valence-electron chi connectivity index (χ3n) is 3.96. The predicted molar refractivity (Wildman–Crippen MR) is 80.2 cm³/mol. The van der Waals surface area contributed by atoms with Crippen LogP contribution in [0.25, 0.3) is 0 Å². The fourth-order valence-corrected chi connectivity index (χ4v) is 2.85. The van der Waals surface area contributed by atoms with Gasteiger partial charge in [0.15, 0.2) is 0 Å². The van der Waals surface area contributed by atoms with Crippen LogP contribution in [-0.2, 0) is 0 Å². The number of urea groups is 1. The normalized spacial score (nSPS) is 18.0. The van der Waals surface area contributed by atoms with Crippen LogP contribution >= 0.6 is 0 Å². The van der Waals surface area contributed by atoms with Crippen LogP contribution < -0.4 is 5.32 Å². The molecule has 122 valence electrons. The van der Waals surface area contributed by atoms with Gasteiger partial charge in [-0.25, -0.2) is 13.6 Å². The van der Waals surface area contributed by atoms with Crippen molar-refractivity contribution in [2.24, 2.45) is 0 Å². The average molecular weight is 321 g/mol. The summed E-state index contributed by atoms with van der Waals surface area (Å²) in [5.74, 6) is -0.863. The van der Waals surface area contributed by atoms with Crippen LogP contribution in [0.2, 0.25) is 0 Å². The van der Waals surface area contributed by atoms with E-state index in [4.69, 9.17) is 4.52 Å². The van der Waals surface area contributed by atoms with Gasteiger partial charge in [0.25, 0.3) is 0 Å². The average Bonchev–Trinajstić information content (AvgIpc) is 2.95. The van der Waals surface area contributed by atoms with Crippen molar-refractivity contribution in [1.82, 2.24) is 10.1 Å². The molecule has 23 heavy (non-hydrogen) atoms. The number of nitrogens with one attached hydrogen (secondary N) is 1. The van der Waals surface area contributed by atoms with Crippen LogP contribution in [0.5, 0.6) is 0 Å². The minimum Gasteiger partial charge on any atom is -0.338 e. The summed E-state index contributed by atoms with van der Waals surface area (Å²) in [5, 5.41) is 6.32. The molecule has 1 unspecified atom stereocenters. The molecule has 0 radical (unpaired) electrons. The van der Waals surface area contributed by atoms with E-state index in [0.717, 1.165) is 18.6 Å². The zero-order valence-electron chi connectivity index (χ0n) is 12.7. The van der Waals surface area contributed by atoms with Gasteiger partial charge < -0.3 is 9.42 Å². The lowest BCUT2D eigenvalue weighted by Gasteiger charge is -2.32. The number of aryl methyl sites for hydroxylation is 1. The molecule has 1 aliphatic rings. The Balaban J connectivity index is 1.70. The lowest BCUT2D eigenvalue weighted by molar-refractivity contribution is 0.191. The smallest absolute Gasteiger partial charge is 0.324 e. The Morgan fingerprint density at radius 2 is 2.22 bits per heavy atom. The third kappa shape index (κ3) is 3.49. The molecule has 1 aromatic carbocycles.